The third kappa shape index (κ3) is 3.32. The van der Waals surface area contributed by atoms with E-state index in [-0.39, 0.29) is 23.3 Å². The van der Waals surface area contributed by atoms with Crippen molar-refractivity contribution in [2.24, 2.45) is 11.8 Å². The van der Waals surface area contributed by atoms with Gasteiger partial charge in [-0.15, -0.1) is 0 Å². The standard InChI is InChI=1S/C15H25NO4/c1-3-15(2)10-16(8-9-20-15)13(17)11-4-6-12(7-5-11)14(18)19/h11-12H,3-10H2,1-2H3,(H,18,19). The normalized spacial score (nSPS) is 34.8. The van der Waals surface area contributed by atoms with E-state index in [1.54, 1.807) is 0 Å². The number of amides is 1. The second kappa shape index (κ2) is 6.12. The van der Waals surface area contributed by atoms with Crippen molar-refractivity contribution in [3.63, 3.8) is 0 Å². The maximum atomic E-state index is 12.6. The van der Waals surface area contributed by atoms with Crippen LogP contribution in [0.5, 0.6) is 0 Å². The highest BCUT2D eigenvalue weighted by Crippen LogP contribution is 2.31. The first-order valence-corrected chi connectivity index (χ1v) is 7.61. The second-order valence-corrected chi connectivity index (χ2v) is 6.30. The fourth-order valence-electron chi connectivity index (χ4n) is 3.18. The molecule has 0 radical (unpaired) electrons. The molecule has 1 aliphatic heterocycles. The van der Waals surface area contributed by atoms with Crippen LogP contribution in [0.25, 0.3) is 0 Å². The Labute approximate surface area is 120 Å². The molecule has 2 rings (SSSR count). The zero-order valence-electron chi connectivity index (χ0n) is 12.4. The van der Waals surface area contributed by atoms with Crippen molar-refractivity contribution in [3.05, 3.63) is 0 Å². The minimum absolute atomic E-state index is 0.00445. The van der Waals surface area contributed by atoms with Gasteiger partial charge in [-0.2, -0.15) is 0 Å². The van der Waals surface area contributed by atoms with E-state index in [9.17, 15) is 9.59 Å². The van der Waals surface area contributed by atoms with E-state index in [0.717, 1.165) is 6.42 Å². The predicted molar refractivity (Wildman–Crippen MR) is 74.3 cm³/mol. The summed E-state index contributed by atoms with van der Waals surface area (Å²) in [6.45, 7) is 6.04. The van der Waals surface area contributed by atoms with Gasteiger partial charge in [0.2, 0.25) is 5.91 Å². The average Bonchev–Trinajstić information content (AvgIpc) is 2.46. The van der Waals surface area contributed by atoms with Gasteiger partial charge in [0.25, 0.3) is 0 Å². The molecule has 0 aromatic carbocycles. The van der Waals surface area contributed by atoms with Gasteiger partial charge in [-0.3, -0.25) is 9.59 Å². The number of hydrogen-bond donors (Lipinski definition) is 1. The number of carboxylic acid groups (broad SMARTS) is 1. The Morgan fingerprint density at radius 1 is 1.25 bits per heavy atom. The van der Waals surface area contributed by atoms with Crippen molar-refractivity contribution >= 4 is 11.9 Å². The molecule has 5 heteroatoms. The highest BCUT2D eigenvalue weighted by Gasteiger charge is 2.37. The van der Waals surface area contributed by atoms with E-state index in [2.05, 4.69) is 6.92 Å². The molecule has 1 heterocycles. The lowest BCUT2D eigenvalue weighted by Gasteiger charge is -2.41. The van der Waals surface area contributed by atoms with Crippen molar-refractivity contribution in [2.45, 2.75) is 51.6 Å². The smallest absolute Gasteiger partial charge is 0.306 e. The zero-order chi connectivity index (χ0) is 14.8. The number of aliphatic carboxylic acids is 1. The summed E-state index contributed by atoms with van der Waals surface area (Å²) < 4.78 is 5.76. The molecule has 1 saturated carbocycles. The Morgan fingerprint density at radius 2 is 1.85 bits per heavy atom. The fraction of sp³-hybridized carbons (Fsp3) is 0.867. The number of morpholine rings is 1. The number of ether oxygens (including phenoxy) is 1. The van der Waals surface area contributed by atoms with Crippen LogP contribution in [0.15, 0.2) is 0 Å². The van der Waals surface area contributed by atoms with Crippen LogP contribution in [0.1, 0.15) is 46.0 Å². The van der Waals surface area contributed by atoms with Crippen LogP contribution in [0.2, 0.25) is 0 Å². The van der Waals surface area contributed by atoms with Crippen molar-refractivity contribution < 1.29 is 19.4 Å². The van der Waals surface area contributed by atoms with Gasteiger partial charge in [0.1, 0.15) is 0 Å². The molecule has 0 bridgehead atoms. The number of carbonyl (C=O) groups is 2. The molecule has 114 valence electrons. The van der Waals surface area contributed by atoms with E-state index < -0.39 is 5.97 Å². The van der Waals surface area contributed by atoms with Gasteiger partial charge in [-0.1, -0.05) is 6.92 Å². The van der Waals surface area contributed by atoms with Crippen molar-refractivity contribution in [1.29, 1.82) is 0 Å². The monoisotopic (exact) mass is 283 g/mol. The summed E-state index contributed by atoms with van der Waals surface area (Å²) >= 11 is 0. The second-order valence-electron chi connectivity index (χ2n) is 6.30. The van der Waals surface area contributed by atoms with E-state index in [1.165, 1.54) is 0 Å². The average molecular weight is 283 g/mol. The summed E-state index contributed by atoms with van der Waals surface area (Å²) in [5, 5.41) is 9.00. The first-order valence-electron chi connectivity index (χ1n) is 7.61. The lowest BCUT2D eigenvalue weighted by Crippen LogP contribution is -2.53. The minimum Gasteiger partial charge on any atom is -0.481 e. The summed E-state index contributed by atoms with van der Waals surface area (Å²) in [4.78, 5) is 25.4. The highest BCUT2D eigenvalue weighted by atomic mass is 16.5. The molecule has 1 aliphatic carbocycles. The van der Waals surface area contributed by atoms with Crippen LogP contribution < -0.4 is 0 Å². The van der Waals surface area contributed by atoms with Gasteiger partial charge in [-0.05, 0) is 39.0 Å². The number of carboxylic acids is 1. The van der Waals surface area contributed by atoms with Gasteiger partial charge in [0.05, 0.1) is 18.1 Å². The molecule has 2 fully saturated rings. The van der Waals surface area contributed by atoms with E-state index in [0.29, 0.717) is 45.4 Å². The lowest BCUT2D eigenvalue weighted by atomic mass is 9.81. The Kier molecular flexibility index (Phi) is 4.68. The number of nitrogens with zero attached hydrogens (tertiary/aromatic N) is 1. The molecule has 0 aromatic heterocycles. The molecule has 1 amide bonds. The summed E-state index contributed by atoms with van der Waals surface area (Å²) in [6.07, 6.45) is 3.55. The third-order valence-corrected chi connectivity index (χ3v) is 4.82. The fourth-order valence-corrected chi connectivity index (χ4v) is 3.18. The summed E-state index contributed by atoms with van der Waals surface area (Å²) in [5.74, 6) is -0.785. The number of hydrogen-bond acceptors (Lipinski definition) is 3. The molecule has 5 nitrogen and oxygen atoms in total. The summed E-state index contributed by atoms with van der Waals surface area (Å²) in [5.41, 5.74) is -0.230. The van der Waals surface area contributed by atoms with Crippen LogP contribution in [0, 0.1) is 11.8 Å². The molecule has 0 spiro atoms. The van der Waals surface area contributed by atoms with Crippen LogP contribution in [0.4, 0.5) is 0 Å². The van der Waals surface area contributed by atoms with E-state index in [1.807, 2.05) is 11.8 Å². The quantitative estimate of drug-likeness (QED) is 0.859. The molecule has 1 unspecified atom stereocenters. The molecule has 1 atom stereocenters. The van der Waals surface area contributed by atoms with Crippen molar-refractivity contribution in [1.82, 2.24) is 4.90 Å². The predicted octanol–water partition coefficient (Wildman–Crippen LogP) is 1.90. The zero-order valence-corrected chi connectivity index (χ0v) is 12.4. The van der Waals surface area contributed by atoms with Crippen LogP contribution in [-0.2, 0) is 14.3 Å². The minimum atomic E-state index is -0.721. The Morgan fingerprint density at radius 3 is 2.40 bits per heavy atom. The number of carbonyl (C=O) groups excluding carboxylic acids is 1. The molecular formula is C15H25NO4. The van der Waals surface area contributed by atoms with Crippen molar-refractivity contribution in [3.8, 4) is 0 Å². The molecular weight excluding hydrogens is 258 g/mol. The van der Waals surface area contributed by atoms with E-state index in [4.69, 9.17) is 9.84 Å². The maximum absolute atomic E-state index is 12.6. The summed E-state index contributed by atoms with van der Waals surface area (Å²) in [7, 11) is 0. The highest BCUT2D eigenvalue weighted by molar-refractivity contribution is 5.79. The van der Waals surface area contributed by atoms with Gasteiger partial charge >= 0.3 is 5.97 Å². The van der Waals surface area contributed by atoms with Crippen LogP contribution >= 0.6 is 0 Å². The first-order chi connectivity index (χ1) is 9.45. The molecule has 0 aromatic rings. The first kappa shape index (κ1) is 15.3. The molecule has 1 N–H and O–H groups in total. The summed E-state index contributed by atoms with van der Waals surface area (Å²) in [6, 6.07) is 0. The Bertz CT molecular complexity index is 376. The maximum Gasteiger partial charge on any atom is 0.306 e. The Hall–Kier alpha value is -1.10. The van der Waals surface area contributed by atoms with Crippen LogP contribution in [0.3, 0.4) is 0 Å². The van der Waals surface area contributed by atoms with Gasteiger partial charge < -0.3 is 14.7 Å². The molecule has 1 saturated heterocycles. The molecule has 2 aliphatic rings. The van der Waals surface area contributed by atoms with Gasteiger partial charge in [0.15, 0.2) is 0 Å². The van der Waals surface area contributed by atoms with Crippen LogP contribution in [-0.4, -0.2) is 47.2 Å². The van der Waals surface area contributed by atoms with Gasteiger partial charge in [0, 0.05) is 19.0 Å². The largest absolute Gasteiger partial charge is 0.481 e. The van der Waals surface area contributed by atoms with E-state index >= 15 is 0 Å². The van der Waals surface area contributed by atoms with Gasteiger partial charge in [-0.25, -0.2) is 0 Å². The molecule has 20 heavy (non-hydrogen) atoms. The number of rotatable bonds is 3. The Balaban J connectivity index is 1.90. The SMILES string of the molecule is CCC1(C)CN(C(=O)C2CCC(C(=O)O)CC2)CCO1. The van der Waals surface area contributed by atoms with Crippen molar-refractivity contribution in [2.75, 3.05) is 19.7 Å². The topological polar surface area (TPSA) is 66.8 Å². The third-order valence-electron chi connectivity index (χ3n) is 4.82. The lowest BCUT2D eigenvalue weighted by molar-refractivity contribution is -0.155.